The van der Waals surface area contributed by atoms with E-state index in [9.17, 15) is 4.39 Å². The molecule has 70 valence electrons. The summed E-state index contributed by atoms with van der Waals surface area (Å²) in [5.41, 5.74) is 6.38. The van der Waals surface area contributed by atoms with Crippen LogP contribution >= 0.6 is 0 Å². The van der Waals surface area contributed by atoms with Gasteiger partial charge < -0.3 is 5.73 Å². The van der Waals surface area contributed by atoms with Crippen LogP contribution in [0.2, 0.25) is 0 Å². The lowest BCUT2D eigenvalue weighted by Gasteiger charge is -2.13. The Morgan fingerprint density at radius 1 is 1.54 bits per heavy atom. The first-order chi connectivity index (χ1) is 5.96. The summed E-state index contributed by atoms with van der Waals surface area (Å²) < 4.78 is 12.9. The van der Waals surface area contributed by atoms with Gasteiger partial charge in [0.1, 0.15) is 5.82 Å². The molecule has 2 N–H and O–H groups in total. The fourth-order valence-electron chi connectivity index (χ4n) is 1.74. The van der Waals surface area contributed by atoms with Gasteiger partial charge in [0.25, 0.3) is 0 Å². The van der Waals surface area contributed by atoms with Gasteiger partial charge in [-0.3, -0.25) is 4.98 Å². The second kappa shape index (κ2) is 2.29. The van der Waals surface area contributed by atoms with E-state index in [1.54, 1.807) is 0 Å². The molecular weight excluding hydrogens is 167 g/mol. The van der Waals surface area contributed by atoms with E-state index in [0.29, 0.717) is 5.69 Å². The zero-order valence-corrected chi connectivity index (χ0v) is 7.84. The second-order valence-electron chi connectivity index (χ2n) is 4.39. The molecule has 1 fully saturated rings. The van der Waals surface area contributed by atoms with E-state index < -0.39 is 5.54 Å². The minimum Gasteiger partial charge on any atom is -0.320 e. The van der Waals surface area contributed by atoms with Crippen LogP contribution in [0.1, 0.15) is 26.0 Å². The van der Waals surface area contributed by atoms with Gasteiger partial charge >= 0.3 is 0 Å². The Bertz CT molecular complexity index is 349. The predicted molar refractivity (Wildman–Crippen MR) is 48.5 cm³/mol. The van der Waals surface area contributed by atoms with Gasteiger partial charge in [-0.2, -0.15) is 0 Å². The number of hydrogen-bond donors (Lipinski definition) is 1. The average Bonchev–Trinajstić information content (AvgIpc) is 2.53. The van der Waals surface area contributed by atoms with Crippen molar-refractivity contribution in [2.24, 2.45) is 11.1 Å². The number of aromatic nitrogens is 1. The maximum Gasteiger partial charge on any atom is 0.126 e. The summed E-state index contributed by atoms with van der Waals surface area (Å²) in [4.78, 5) is 4.10. The van der Waals surface area contributed by atoms with Crippen LogP contribution < -0.4 is 5.73 Å². The molecule has 1 aromatic heterocycles. The zero-order valence-electron chi connectivity index (χ0n) is 7.84. The third-order valence-electron chi connectivity index (χ3n) is 2.98. The summed E-state index contributed by atoms with van der Waals surface area (Å²) in [6, 6.07) is 2.76. The fraction of sp³-hybridized carbons (Fsp3) is 0.500. The lowest BCUT2D eigenvalue weighted by molar-refractivity contribution is 0.495. The highest BCUT2D eigenvalue weighted by Gasteiger charge is 2.60. The summed E-state index contributed by atoms with van der Waals surface area (Å²) in [5.74, 6) is -0.266. The van der Waals surface area contributed by atoms with Gasteiger partial charge in [-0.05, 0) is 24.0 Å². The van der Waals surface area contributed by atoms with Crippen LogP contribution in [0.3, 0.4) is 0 Å². The van der Waals surface area contributed by atoms with Crippen molar-refractivity contribution in [1.29, 1.82) is 0 Å². The van der Waals surface area contributed by atoms with Crippen molar-refractivity contribution >= 4 is 0 Å². The highest BCUT2D eigenvalue weighted by Crippen LogP contribution is 2.59. The number of rotatable bonds is 1. The third-order valence-corrected chi connectivity index (χ3v) is 2.98. The Hall–Kier alpha value is -0.960. The highest BCUT2D eigenvalue weighted by molar-refractivity contribution is 5.29. The van der Waals surface area contributed by atoms with E-state index >= 15 is 0 Å². The molecule has 13 heavy (non-hydrogen) atoms. The fourth-order valence-corrected chi connectivity index (χ4v) is 1.74. The van der Waals surface area contributed by atoms with Crippen LogP contribution in [0.15, 0.2) is 18.3 Å². The van der Waals surface area contributed by atoms with Gasteiger partial charge in [-0.25, -0.2) is 4.39 Å². The average molecular weight is 180 g/mol. The summed E-state index contributed by atoms with van der Waals surface area (Å²) in [6.45, 7) is 4.14. The molecule has 0 aliphatic heterocycles. The van der Waals surface area contributed by atoms with Crippen molar-refractivity contribution in [3.63, 3.8) is 0 Å². The molecule has 3 heteroatoms. The van der Waals surface area contributed by atoms with Crippen molar-refractivity contribution in [1.82, 2.24) is 4.98 Å². The van der Waals surface area contributed by atoms with Crippen LogP contribution in [0.4, 0.5) is 4.39 Å². The molecule has 0 spiro atoms. The minimum absolute atomic E-state index is 0.0494. The molecule has 2 nitrogen and oxygen atoms in total. The molecule has 1 aliphatic rings. The quantitative estimate of drug-likeness (QED) is 0.715. The molecule has 1 unspecified atom stereocenters. The first kappa shape index (κ1) is 8.63. The number of nitrogens with zero attached hydrogens (tertiary/aromatic N) is 1. The molecule has 0 aromatic carbocycles. The third kappa shape index (κ3) is 1.15. The van der Waals surface area contributed by atoms with Crippen LogP contribution in [0, 0.1) is 11.2 Å². The minimum atomic E-state index is -0.422. The first-order valence-corrected chi connectivity index (χ1v) is 4.37. The van der Waals surface area contributed by atoms with Gasteiger partial charge in [-0.1, -0.05) is 13.8 Å². The lowest BCUT2D eigenvalue weighted by atomic mass is 10.0. The standard InChI is InChI=1S/C10H13FN2/c1-9(2)6-10(9,12)8-5-7(11)3-4-13-8/h3-5H,6,12H2,1-2H3. The first-order valence-electron chi connectivity index (χ1n) is 4.37. The number of nitrogens with two attached hydrogens (primary N) is 1. The Morgan fingerprint density at radius 3 is 2.62 bits per heavy atom. The SMILES string of the molecule is CC1(C)CC1(N)c1cc(F)ccn1. The number of halogens is 1. The van der Waals surface area contributed by atoms with Crippen molar-refractivity contribution in [3.05, 3.63) is 29.8 Å². The molecule has 0 saturated heterocycles. The van der Waals surface area contributed by atoms with Crippen LogP contribution in [-0.4, -0.2) is 4.98 Å². The van der Waals surface area contributed by atoms with E-state index in [1.165, 1.54) is 18.3 Å². The van der Waals surface area contributed by atoms with E-state index in [-0.39, 0.29) is 11.2 Å². The Balaban J connectivity index is 2.38. The van der Waals surface area contributed by atoms with Crippen LogP contribution in [0.25, 0.3) is 0 Å². The summed E-state index contributed by atoms with van der Waals surface area (Å²) >= 11 is 0. The monoisotopic (exact) mass is 180 g/mol. The number of hydrogen-bond acceptors (Lipinski definition) is 2. The molecule has 1 aromatic rings. The van der Waals surface area contributed by atoms with Gasteiger partial charge in [0, 0.05) is 6.20 Å². The summed E-state index contributed by atoms with van der Waals surface area (Å²) in [6.07, 6.45) is 2.34. The van der Waals surface area contributed by atoms with Gasteiger partial charge in [0.2, 0.25) is 0 Å². The van der Waals surface area contributed by atoms with E-state index in [4.69, 9.17) is 5.73 Å². The molecular formula is C10H13FN2. The maximum absolute atomic E-state index is 12.9. The van der Waals surface area contributed by atoms with Crippen LogP contribution in [-0.2, 0) is 5.54 Å². The van der Waals surface area contributed by atoms with Crippen LogP contribution in [0.5, 0.6) is 0 Å². The normalized spacial score (nSPS) is 30.2. The van der Waals surface area contributed by atoms with Crippen molar-refractivity contribution in [3.8, 4) is 0 Å². The van der Waals surface area contributed by atoms with Crippen molar-refractivity contribution in [2.75, 3.05) is 0 Å². The largest absolute Gasteiger partial charge is 0.320 e. The highest BCUT2D eigenvalue weighted by atomic mass is 19.1. The molecule has 0 bridgehead atoms. The van der Waals surface area contributed by atoms with Gasteiger partial charge in [0.15, 0.2) is 0 Å². The topological polar surface area (TPSA) is 38.9 Å². The molecule has 1 aliphatic carbocycles. The Morgan fingerprint density at radius 2 is 2.15 bits per heavy atom. The molecule has 0 radical (unpaired) electrons. The molecule has 2 rings (SSSR count). The van der Waals surface area contributed by atoms with Crippen molar-refractivity contribution in [2.45, 2.75) is 25.8 Å². The van der Waals surface area contributed by atoms with Gasteiger partial charge in [-0.15, -0.1) is 0 Å². The summed E-state index contributed by atoms with van der Waals surface area (Å²) in [7, 11) is 0. The molecule has 1 atom stereocenters. The summed E-state index contributed by atoms with van der Waals surface area (Å²) in [5, 5.41) is 0. The molecule has 1 saturated carbocycles. The van der Waals surface area contributed by atoms with E-state index in [2.05, 4.69) is 18.8 Å². The second-order valence-corrected chi connectivity index (χ2v) is 4.39. The Kier molecular flexibility index (Phi) is 1.52. The van der Waals surface area contributed by atoms with E-state index in [1.807, 2.05) is 0 Å². The number of pyridine rings is 1. The Labute approximate surface area is 77.0 Å². The maximum atomic E-state index is 12.9. The van der Waals surface area contributed by atoms with E-state index in [0.717, 1.165) is 6.42 Å². The van der Waals surface area contributed by atoms with Crippen molar-refractivity contribution < 1.29 is 4.39 Å². The predicted octanol–water partition coefficient (Wildman–Crippen LogP) is 1.80. The molecule has 0 amide bonds. The lowest BCUT2D eigenvalue weighted by Crippen LogP contribution is -2.26. The smallest absolute Gasteiger partial charge is 0.126 e. The molecule has 1 heterocycles. The zero-order chi connectivity index (χ0) is 9.69. The van der Waals surface area contributed by atoms with Gasteiger partial charge in [0.05, 0.1) is 11.2 Å².